The van der Waals surface area contributed by atoms with Gasteiger partial charge in [-0.1, -0.05) is 18.2 Å². The average Bonchev–Trinajstić information content (AvgIpc) is 2.89. The number of nitrogens with one attached hydrogen (secondary N) is 1. The number of fused-ring (bicyclic) bond motifs is 1. The van der Waals surface area contributed by atoms with Crippen LogP contribution in [0.15, 0.2) is 48.5 Å². The lowest BCUT2D eigenvalue weighted by Gasteiger charge is -2.02. The number of nitrogens with zero attached hydrogens (tertiary/aromatic N) is 1. The minimum atomic E-state index is 0.676. The van der Waals surface area contributed by atoms with Crippen LogP contribution in [0.4, 0.5) is 0 Å². The number of ether oxygens (including phenoxy) is 1. The van der Waals surface area contributed by atoms with Crippen molar-refractivity contribution in [1.29, 1.82) is 5.26 Å². The average molecular weight is 262 g/mol. The lowest BCUT2D eigenvalue weighted by atomic mass is 10.1. The number of methoxy groups -OCH3 is 1. The Bertz CT molecular complexity index is 779. The zero-order chi connectivity index (χ0) is 13.9. The fraction of sp³-hybridized carbons (Fsp3) is 0.118. The molecular weight excluding hydrogens is 248 g/mol. The van der Waals surface area contributed by atoms with Crippen LogP contribution in [-0.4, -0.2) is 12.1 Å². The molecule has 1 heterocycles. The highest BCUT2D eigenvalue weighted by atomic mass is 16.5. The van der Waals surface area contributed by atoms with E-state index < -0.39 is 0 Å². The number of hydrogen-bond donors (Lipinski definition) is 1. The zero-order valence-electron chi connectivity index (χ0n) is 11.2. The first-order chi connectivity index (χ1) is 9.78. The second kappa shape index (κ2) is 5.10. The van der Waals surface area contributed by atoms with Crippen molar-refractivity contribution in [2.24, 2.45) is 0 Å². The van der Waals surface area contributed by atoms with Gasteiger partial charge in [-0.3, -0.25) is 0 Å². The van der Waals surface area contributed by atoms with Crippen LogP contribution in [0.25, 0.3) is 10.9 Å². The molecule has 0 amide bonds. The van der Waals surface area contributed by atoms with Crippen LogP contribution < -0.4 is 4.74 Å². The molecule has 20 heavy (non-hydrogen) atoms. The topological polar surface area (TPSA) is 48.8 Å². The number of hydrogen-bond acceptors (Lipinski definition) is 2. The number of nitriles is 1. The van der Waals surface area contributed by atoms with E-state index in [2.05, 4.69) is 29.3 Å². The van der Waals surface area contributed by atoms with E-state index in [1.165, 1.54) is 5.56 Å². The monoisotopic (exact) mass is 262 g/mol. The van der Waals surface area contributed by atoms with Crippen LogP contribution in [0.1, 0.15) is 16.8 Å². The fourth-order valence-corrected chi connectivity index (χ4v) is 2.32. The number of rotatable bonds is 3. The summed E-state index contributed by atoms with van der Waals surface area (Å²) in [5, 5.41) is 10.0. The van der Waals surface area contributed by atoms with Gasteiger partial charge >= 0.3 is 0 Å². The lowest BCUT2D eigenvalue weighted by molar-refractivity contribution is 0.414. The van der Waals surface area contributed by atoms with Crippen molar-refractivity contribution in [3.05, 3.63) is 65.4 Å². The molecule has 3 nitrogen and oxygen atoms in total. The van der Waals surface area contributed by atoms with Gasteiger partial charge in [0.15, 0.2) is 0 Å². The van der Waals surface area contributed by atoms with Crippen LogP contribution in [0.2, 0.25) is 0 Å². The first-order valence-corrected chi connectivity index (χ1v) is 6.43. The van der Waals surface area contributed by atoms with Crippen LogP contribution in [-0.2, 0) is 6.42 Å². The highest BCUT2D eigenvalue weighted by molar-refractivity contribution is 5.81. The van der Waals surface area contributed by atoms with E-state index in [1.807, 2.05) is 30.3 Å². The maximum atomic E-state index is 8.91. The van der Waals surface area contributed by atoms with Crippen molar-refractivity contribution in [3.63, 3.8) is 0 Å². The van der Waals surface area contributed by atoms with Crippen LogP contribution in [0.5, 0.6) is 5.75 Å². The summed E-state index contributed by atoms with van der Waals surface area (Å²) in [5.74, 6) is 0.865. The summed E-state index contributed by atoms with van der Waals surface area (Å²) >= 11 is 0. The first-order valence-electron chi connectivity index (χ1n) is 6.43. The Balaban J connectivity index is 1.88. The van der Waals surface area contributed by atoms with Crippen LogP contribution in [0.3, 0.4) is 0 Å². The smallest absolute Gasteiger partial charge is 0.118 e. The molecule has 0 aliphatic carbocycles. The van der Waals surface area contributed by atoms with E-state index in [0.717, 1.165) is 28.8 Å². The summed E-state index contributed by atoms with van der Waals surface area (Å²) in [6.45, 7) is 0. The third-order valence-electron chi connectivity index (χ3n) is 3.36. The summed E-state index contributed by atoms with van der Waals surface area (Å²) in [6.07, 6.45) is 0.834. The van der Waals surface area contributed by atoms with Gasteiger partial charge in [0.2, 0.25) is 0 Å². The molecule has 0 aliphatic heterocycles. The van der Waals surface area contributed by atoms with Crippen molar-refractivity contribution in [2.45, 2.75) is 6.42 Å². The van der Waals surface area contributed by atoms with Gasteiger partial charge in [0.25, 0.3) is 0 Å². The number of aromatic nitrogens is 1. The quantitative estimate of drug-likeness (QED) is 0.783. The van der Waals surface area contributed by atoms with E-state index in [9.17, 15) is 0 Å². The maximum Gasteiger partial charge on any atom is 0.118 e. The maximum absolute atomic E-state index is 8.91. The van der Waals surface area contributed by atoms with E-state index >= 15 is 0 Å². The second-order valence-corrected chi connectivity index (χ2v) is 4.73. The van der Waals surface area contributed by atoms with Gasteiger partial charge in [0, 0.05) is 17.6 Å². The Labute approximate surface area is 117 Å². The fourth-order valence-electron chi connectivity index (χ4n) is 2.32. The van der Waals surface area contributed by atoms with Crippen molar-refractivity contribution in [3.8, 4) is 11.8 Å². The van der Waals surface area contributed by atoms with E-state index in [0.29, 0.717) is 5.56 Å². The zero-order valence-corrected chi connectivity index (χ0v) is 11.2. The van der Waals surface area contributed by atoms with Crippen LogP contribution in [0, 0.1) is 11.3 Å². The minimum Gasteiger partial charge on any atom is -0.497 e. The minimum absolute atomic E-state index is 0.676. The van der Waals surface area contributed by atoms with Gasteiger partial charge in [-0.05, 0) is 41.3 Å². The molecule has 98 valence electrons. The molecule has 0 bridgehead atoms. The Morgan fingerprint density at radius 1 is 1.10 bits per heavy atom. The highest BCUT2D eigenvalue weighted by Gasteiger charge is 2.03. The summed E-state index contributed by atoms with van der Waals surface area (Å²) in [6, 6.07) is 18.0. The first kappa shape index (κ1) is 12.3. The molecule has 0 spiro atoms. The molecular formula is C17H14N2O. The lowest BCUT2D eigenvalue weighted by Crippen LogP contribution is -1.88. The molecule has 0 fully saturated rings. The van der Waals surface area contributed by atoms with E-state index in [-0.39, 0.29) is 0 Å². The van der Waals surface area contributed by atoms with Crippen molar-refractivity contribution in [2.75, 3.05) is 7.11 Å². The van der Waals surface area contributed by atoms with E-state index in [4.69, 9.17) is 10.00 Å². The van der Waals surface area contributed by atoms with Gasteiger partial charge in [-0.2, -0.15) is 5.26 Å². The molecule has 0 unspecified atom stereocenters. The summed E-state index contributed by atoms with van der Waals surface area (Å²) in [7, 11) is 1.67. The molecule has 0 saturated carbocycles. The van der Waals surface area contributed by atoms with Gasteiger partial charge in [-0.25, -0.2) is 0 Å². The van der Waals surface area contributed by atoms with Gasteiger partial charge in [0.05, 0.1) is 18.7 Å². The molecule has 1 aromatic heterocycles. The summed E-state index contributed by atoms with van der Waals surface area (Å²) < 4.78 is 5.15. The third kappa shape index (κ3) is 2.36. The van der Waals surface area contributed by atoms with E-state index in [1.54, 1.807) is 7.11 Å². The number of benzene rings is 2. The molecule has 3 aromatic rings. The van der Waals surface area contributed by atoms with Gasteiger partial charge in [0.1, 0.15) is 5.75 Å². The SMILES string of the molecule is COc1ccc(Cc2cc3ccc(C#N)cc3[nH]2)cc1. The molecule has 0 aliphatic rings. The number of aromatic amines is 1. The molecule has 1 N–H and O–H groups in total. The molecule has 2 aromatic carbocycles. The Morgan fingerprint density at radius 3 is 2.60 bits per heavy atom. The largest absolute Gasteiger partial charge is 0.497 e. The Hall–Kier alpha value is -2.73. The molecule has 0 saturated heterocycles. The molecule has 0 radical (unpaired) electrons. The summed E-state index contributed by atoms with van der Waals surface area (Å²) in [4.78, 5) is 3.37. The van der Waals surface area contributed by atoms with Gasteiger partial charge < -0.3 is 9.72 Å². The summed E-state index contributed by atoms with van der Waals surface area (Å²) in [5.41, 5.74) is 4.04. The standard InChI is InChI=1S/C17H14N2O/c1-20-16-6-3-12(4-7-16)8-15-10-14-5-2-13(11-18)9-17(14)19-15/h2-7,9-10,19H,8H2,1H3. The van der Waals surface area contributed by atoms with Crippen molar-refractivity contribution >= 4 is 10.9 Å². The normalized spacial score (nSPS) is 10.4. The molecule has 3 heteroatoms. The van der Waals surface area contributed by atoms with Crippen molar-refractivity contribution in [1.82, 2.24) is 4.98 Å². The highest BCUT2D eigenvalue weighted by Crippen LogP contribution is 2.20. The second-order valence-electron chi connectivity index (χ2n) is 4.73. The predicted octanol–water partition coefficient (Wildman–Crippen LogP) is 3.64. The molecule has 0 atom stereocenters. The third-order valence-corrected chi connectivity index (χ3v) is 3.36. The molecule has 3 rings (SSSR count). The van der Waals surface area contributed by atoms with Gasteiger partial charge in [-0.15, -0.1) is 0 Å². The van der Waals surface area contributed by atoms with Crippen molar-refractivity contribution < 1.29 is 4.74 Å². The number of H-pyrrole nitrogens is 1. The van der Waals surface area contributed by atoms with Crippen LogP contribution >= 0.6 is 0 Å². The predicted molar refractivity (Wildman–Crippen MR) is 78.8 cm³/mol. The Morgan fingerprint density at radius 2 is 1.90 bits per heavy atom. The Kier molecular flexibility index (Phi) is 3.14.